The highest BCUT2D eigenvalue weighted by Gasteiger charge is 2.37. The number of nitrogens with zero attached hydrogens (tertiary/aromatic N) is 4. The highest BCUT2D eigenvalue weighted by atomic mass is 16.3. The number of anilines is 1. The molecule has 162 valence electrons. The summed E-state index contributed by atoms with van der Waals surface area (Å²) in [7, 11) is 1.58. The molecule has 0 saturated carbocycles. The number of aromatic hydroxyl groups is 1. The number of aromatic nitrogens is 2. The molecule has 0 atom stereocenters. The van der Waals surface area contributed by atoms with Crippen LogP contribution in [0.2, 0.25) is 0 Å². The van der Waals surface area contributed by atoms with Crippen LogP contribution in [0.5, 0.6) is 5.75 Å². The molecule has 0 aliphatic carbocycles. The van der Waals surface area contributed by atoms with Crippen molar-refractivity contribution in [2.45, 2.75) is 32.1 Å². The topological polar surface area (TPSA) is 95.3 Å². The molecule has 2 aromatic carbocycles. The molecule has 0 radical (unpaired) electrons. The second-order valence-corrected chi connectivity index (χ2v) is 8.91. The normalized spacial score (nSPS) is 15.9. The van der Waals surface area contributed by atoms with E-state index in [0.29, 0.717) is 29.7 Å². The lowest BCUT2D eigenvalue weighted by Crippen LogP contribution is -2.42. The van der Waals surface area contributed by atoms with Gasteiger partial charge in [0.25, 0.3) is 5.56 Å². The van der Waals surface area contributed by atoms with E-state index < -0.39 is 5.56 Å². The van der Waals surface area contributed by atoms with Crippen molar-refractivity contribution in [1.82, 2.24) is 9.55 Å². The lowest BCUT2D eigenvalue weighted by Gasteiger charge is -2.39. The minimum atomic E-state index is -0.404. The summed E-state index contributed by atoms with van der Waals surface area (Å²) in [6.07, 6.45) is 1.53. The Hall–Kier alpha value is -3.79. The maximum atomic E-state index is 12.9. The highest BCUT2D eigenvalue weighted by molar-refractivity contribution is 5.98. The molecule has 7 nitrogen and oxygen atoms in total. The van der Waals surface area contributed by atoms with Crippen LogP contribution in [-0.2, 0) is 12.5 Å². The Labute approximate surface area is 185 Å². The van der Waals surface area contributed by atoms with Crippen molar-refractivity contribution in [1.29, 1.82) is 5.26 Å². The summed E-state index contributed by atoms with van der Waals surface area (Å²) < 4.78 is 7.45. The molecular weight excluding hydrogens is 404 g/mol. The molecule has 1 aliphatic rings. The lowest BCUT2D eigenvalue weighted by atomic mass is 9.80. The first-order chi connectivity index (χ1) is 15.3. The zero-order valence-corrected chi connectivity index (χ0v) is 18.3. The Kier molecular flexibility index (Phi) is 4.48. The van der Waals surface area contributed by atoms with Crippen LogP contribution in [0.4, 0.5) is 5.69 Å². The number of rotatable bonds is 2. The van der Waals surface area contributed by atoms with Crippen molar-refractivity contribution in [2.24, 2.45) is 7.05 Å². The number of aryl methyl sites for hydroxylation is 2. The summed E-state index contributed by atoms with van der Waals surface area (Å²) in [6, 6.07) is 13.2. The molecule has 0 amide bonds. The van der Waals surface area contributed by atoms with E-state index in [9.17, 15) is 15.2 Å². The van der Waals surface area contributed by atoms with E-state index in [-0.39, 0.29) is 16.7 Å². The van der Waals surface area contributed by atoms with Gasteiger partial charge in [0.05, 0.1) is 11.2 Å². The molecule has 7 heteroatoms. The SMILES string of the molecule is Cc1ccc2oc(C3(C)CCN(c4c(C#N)c(=O)n(C)c5c(O)cccc45)CC3)nc2c1. The van der Waals surface area contributed by atoms with E-state index in [2.05, 4.69) is 17.9 Å². The number of fused-ring (bicyclic) bond motifs is 2. The standard InChI is InChI=1S/C25H24N4O3/c1-15-7-8-20-18(13-15)27-24(32-20)25(2)9-11-29(12-10-25)21-16-5-4-6-19(30)22(16)28(3)23(31)17(21)14-26/h4-8,13,30H,9-12H2,1-3H3. The number of pyridine rings is 1. The van der Waals surface area contributed by atoms with Gasteiger partial charge >= 0.3 is 0 Å². The monoisotopic (exact) mass is 428 g/mol. The summed E-state index contributed by atoms with van der Waals surface area (Å²) in [6.45, 7) is 5.47. The molecule has 3 heterocycles. The molecule has 32 heavy (non-hydrogen) atoms. The van der Waals surface area contributed by atoms with E-state index in [1.54, 1.807) is 19.2 Å². The lowest BCUT2D eigenvalue weighted by molar-refractivity contribution is 0.292. The molecular formula is C25H24N4O3. The number of phenols is 1. The van der Waals surface area contributed by atoms with Crippen LogP contribution < -0.4 is 10.5 Å². The third-order valence-electron chi connectivity index (χ3n) is 6.71. The van der Waals surface area contributed by atoms with Gasteiger partial charge in [-0.15, -0.1) is 0 Å². The first-order valence-corrected chi connectivity index (χ1v) is 10.7. The Morgan fingerprint density at radius 1 is 1.22 bits per heavy atom. The number of hydrogen-bond donors (Lipinski definition) is 1. The molecule has 0 spiro atoms. The van der Waals surface area contributed by atoms with Crippen molar-refractivity contribution in [3.63, 3.8) is 0 Å². The molecule has 0 unspecified atom stereocenters. The smallest absolute Gasteiger partial charge is 0.270 e. The predicted molar refractivity (Wildman–Crippen MR) is 123 cm³/mol. The van der Waals surface area contributed by atoms with Gasteiger partial charge in [0.1, 0.15) is 22.9 Å². The van der Waals surface area contributed by atoms with Crippen LogP contribution in [0.25, 0.3) is 22.0 Å². The first-order valence-electron chi connectivity index (χ1n) is 10.7. The molecule has 5 rings (SSSR count). The number of benzene rings is 2. The van der Waals surface area contributed by atoms with Crippen LogP contribution in [0.15, 0.2) is 45.6 Å². The number of para-hydroxylation sites is 1. The van der Waals surface area contributed by atoms with E-state index in [1.165, 1.54) is 4.57 Å². The van der Waals surface area contributed by atoms with Gasteiger partial charge in [-0.05, 0) is 43.5 Å². The fourth-order valence-electron chi connectivity index (χ4n) is 4.74. The summed E-state index contributed by atoms with van der Waals surface area (Å²) in [5, 5.41) is 20.9. The second-order valence-electron chi connectivity index (χ2n) is 8.91. The summed E-state index contributed by atoms with van der Waals surface area (Å²) in [4.78, 5) is 19.7. The maximum absolute atomic E-state index is 12.9. The van der Waals surface area contributed by atoms with Gasteiger partial charge in [0.15, 0.2) is 5.58 Å². The number of oxazole rings is 1. The van der Waals surface area contributed by atoms with Gasteiger partial charge in [0.2, 0.25) is 5.89 Å². The van der Waals surface area contributed by atoms with Gasteiger partial charge < -0.3 is 19.0 Å². The Morgan fingerprint density at radius 2 is 1.97 bits per heavy atom. The van der Waals surface area contributed by atoms with Crippen molar-refractivity contribution in [3.05, 3.63) is 63.8 Å². The van der Waals surface area contributed by atoms with Crippen molar-refractivity contribution >= 4 is 27.7 Å². The molecule has 0 bridgehead atoms. The highest BCUT2D eigenvalue weighted by Crippen LogP contribution is 2.40. The first kappa shape index (κ1) is 20.1. The third-order valence-corrected chi connectivity index (χ3v) is 6.71. The fraction of sp³-hybridized carbons (Fsp3) is 0.320. The number of piperidine rings is 1. The van der Waals surface area contributed by atoms with E-state index in [0.717, 1.165) is 35.4 Å². The van der Waals surface area contributed by atoms with Gasteiger partial charge in [-0.2, -0.15) is 5.26 Å². The predicted octanol–water partition coefficient (Wildman–Crippen LogP) is 4.12. The number of phenolic OH excluding ortho intramolecular Hbond substituents is 1. The van der Waals surface area contributed by atoms with Gasteiger partial charge in [-0.25, -0.2) is 4.98 Å². The minimum absolute atomic E-state index is 0.0245. The average molecular weight is 428 g/mol. The largest absolute Gasteiger partial charge is 0.506 e. The fourth-order valence-corrected chi connectivity index (χ4v) is 4.74. The van der Waals surface area contributed by atoms with Crippen LogP contribution in [0.1, 0.15) is 36.8 Å². The number of hydrogen-bond acceptors (Lipinski definition) is 6. The molecule has 1 saturated heterocycles. The van der Waals surface area contributed by atoms with Crippen molar-refractivity contribution < 1.29 is 9.52 Å². The second kappa shape index (κ2) is 7.13. The quantitative estimate of drug-likeness (QED) is 0.516. The minimum Gasteiger partial charge on any atom is -0.506 e. The van der Waals surface area contributed by atoms with E-state index >= 15 is 0 Å². The third kappa shape index (κ3) is 2.94. The maximum Gasteiger partial charge on any atom is 0.270 e. The van der Waals surface area contributed by atoms with Crippen LogP contribution >= 0.6 is 0 Å². The zero-order valence-electron chi connectivity index (χ0n) is 18.3. The van der Waals surface area contributed by atoms with E-state index in [1.807, 2.05) is 31.2 Å². The Bertz CT molecular complexity index is 1470. The molecule has 4 aromatic rings. The number of nitriles is 1. The molecule has 2 aromatic heterocycles. The van der Waals surface area contributed by atoms with E-state index in [4.69, 9.17) is 9.40 Å². The Morgan fingerprint density at radius 3 is 2.69 bits per heavy atom. The van der Waals surface area contributed by atoms with Gasteiger partial charge in [0, 0.05) is 30.9 Å². The van der Waals surface area contributed by atoms with Crippen LogP contribution in [-0.4, -0.2) is 27.7 Å². The average Bonchev–Trinajstić information content (AvgIpc) is 3.21. The summed E-state index contributed by atoms with van der Waals surface area (Å²) in [5.41, 5.74) is 3.28. The molecule has 1 fully saturated rings. The summed E-state index contributed by atoms with van der Waals surface area (Å²) >= 11 is 0. The van der Waals surface area contributed by atoms with Crippen molar-refractivity contribution in [2.75, 3.05) is 18.0 Å². The van der Waals surface area contributed by atoms with Crippen LogP contribution in [0.3, 0.4) is 0 Å². The van der Waals surface area contributed by atoms with Gasteiger partial charge in [-0.3, -0.25) is 4.79 Å². The molecule has 1 aliphatic heterocycles. The van der Waals surface area contributed by atoms with Crippen LogP contribution in [0, 0.1) is 18.3 Å². The van der Waals surface area contributed by atoms with Gasteiger partial charge in [-0.1, -0.05) is 25.1 Å². The summed E-state index contributed by atoms with van der Waals surface area (Å²) in [5.74, 6) is 0.751. The zero-order chi connectivity index (χ0) is 22.6. The van der Waals surface area contributed by atoms with Crippen molar-refractivity contribution in [3.8, 4) is 11.8 Å². The molecule has 1 N–H and O–H groups in total. The Balaban J connectivity index is 1.54.